The van der Waals surface area contributed by atoms with E-state index in [1.807, 2.05) is 0 Å². The Kier molecular flexibility index (Phi) is 5.77. The maximum atomic E-state index is 11.6. The van der Waals surface area contributed by atoms with E-state index in [0.29, 0.717) is 26.1 Å². The molecule has 1 amide bonds. The van der Waals surface area contributed by atoms with Crippen LogP contribution < -0.4 is 11.1 Å². The SMILES string of the molecule is CC(C)(CCN)CCC(=O)NCCn1ccnn1. The van der Waals surface area contributed by atoms with Crippen LogP contribution in [0.3, 0.4) is 0 Å². The molecule has 0 saturated carbocycles. The van der Waals surface area contributed by atoms with Gasteiger partial charge in [0.25, 0.3) is 0 Å². The van der Waals surface area contributed by atoms with Gasteiger partial charge in [-0.05, 0) is 24.8 Å². The van der Waals surface area contributed by atoms with E-state index in [9.17, 15) is 4.79 Å². The van der Waals surface area contributed by atoms with Crippen LogP contribution in [0.4, 0.5) is 0 Å². The van der Waals surface area contributed by atoms with Crippen LogP contribution in [0.1, 0.15) is 33.1 Å². The summed E-state index contributed by atoms with van der Waals surface area (Å²) in [4.78, 5) is 11.6. The van der Waals surface area contributed by atoms with Gasteiger partial charge in [-0.1, -0.05) is 19.1 Å². The molecule has 0 unspecified atom stereocenters. The second kappa shape index (κ2) is 7.10. The Morgan fingerprint density at radius 3 is 2.83 bits per heavy atom. The molecule has 18 heavy (non-hydrogen) atoms. The number of hydrogen-bond acceptors (Lipinski definition) is 4. The number of nitrogens with zero attached hydrogens (tertiary/aromatic N) is 3. The molecule has 1 aromatic rings. The lowest BCUT2D eigenvalue weighted by Gasteiger charge is -2.23. The predicted octanol–water partition coefficient (Wildman–Crippen LogP) is 0.550. The monoisotopic (exact) mass is 253 g/mol. The topological polar surface area (TPSA) is 85.8 Å². The van der Waals surface area contributed by atoms with Crippen LogP contribution in [0.15, 0.2) is 12.4 Å². The van der Waals surface area contributed by atoms with Gasteiger partial charge in [0.2, 0.25) is 5.91 Å². The van der Waals surface area contributed by atoms with Crippen molar-refractivity contribution < 1.29 is 4.79 Å². The van der Waals surface area contributed by atoms with E-state index in [1.54, 1.807) is 17.1 Å². The predicted molar refractivity (Wildman–Crippen MR) is 69.7 cm³/mol. The fourth-order valence-electron chi connectivity index (χ4n) is 1.72. The molecule has 0 aliphatic carbocycles. The molecule has 3 N–H and O–H groups in total. The van der Waals surface area contributed by atoms with Crippen LogP contribution in [0.25, 0.3) is 0 Å². The maximum Gasteiger partial charge on any atom is 0.220 e. The first-order valence-corrected chi connectivity index (χ1v) is 6.34. The van der Waals surface area contributed by atoms with Gasteiger partial charge in [0.1, 0.15) is 0 Å². The second-order valence-corrected chi connectivity index (χ2v) is 5.22. The third kappa shape index (κ3) is 5.77. The molecular weight excluding hydrogens is 230 g/mol. The molecule has 0 saturated heterocycles. The zero-order valence-electron chi connectivity index (χ0n) is 11.2. The molecule has 1 heterocycles. The second-order valence-electron chi connectivity index (χ2n) is 5.22. The molecule has 0 spiro atoms. The summed E-state index contributed by atoms with van der Waals surface area (Å²) in [6.45, 7) is 6.18. The minimum absolute atomic E-state index is 0.0835. The summed E-state index contributed by atoms with van der Waals surface area (Å²) in [5.41, 5.74) is 5.68. The Bertz CT molecular complexity index is 347. The largest absolute Gasteiger partial charge is 0.354 e. The van der Waals surface area contributed by atoms with Gasteiger partial charge < -0.3 is 11.1 Å². The first kappa shape index (κ1) is 14.6. The van der Waals surface area contributed by atoms with Gasteiger partial charge in [-0.3, -0.25) is 9.48 Å². The third-order valence-corrected chi connectivity index (χ3v) is 2.98. The summed E-state index contributed by atoms with van der Waals surface area (Å²) in [6, 6.07) is 0. The van der Waals surface area contributed by atoms with Gasteiger partial charge in [0, 0.05) is 19.2 Å². The van der Waals surface area contributed by atoms with Crippen molar-refractivity contribution in [2.75, 3.05) is 13.1 Å². The Morgan fingerprint density at radius 2 is 2.22 bits per heavy atom. The van der Waals surface area contributed by atoms with Gasteiger partial charge >= 0.3 is 0 Å². The fraction of sp³-hybridized carbons (Fsp3) is 0.750. The Balaban J connectivity index is 2.14. The molecule has 0 atom stereocenters. The molecule has 6 nitrogen and oxygen atoms in total. The lowest BCUT2D eigenvalue weighted by Crippen LogP contribution is -2.29. The van der Waals surface area contributed by atoms with E-state index < -0.39 is 0 Å². The van der Waals surface area contributed by atoms with Crippen molar-refractivity contribution >= 4 is 5.91 Å². The summed E-state index contributed by atoms with van der Waals surface area (Å²) in [5.74, 6) is 0.0835. The molecule has 102 valence electrons. The van der Waals surface area contributed by atoms with Crippen LogP contribution in [-0.4, -0.2) is 34.0 Å². The van der Waals surface area contributed by atoms with Gasteiger partial charge in [0.05, 0.1) is 12.7 Å². The number of hydrogen-bond donors (Lipinski definition) is 2. The van der Waals surface area contributed by atoms with Crippen LogP contribution in [0.5, 0.6) is 0 Å². The van der Waals surface area contributed by atoms with Crippen molar-refractivity contribution in [1.82, 2.24) is 20.3 Å². The molecule has 0 aliphatic heterocycles. The Labute approximate surface area is 108 Å². The van der Waals surface area contributed by atoms with Crippen LogP contribution in [0, 0.1) is 5.41 Å². The molecule has 6 heteroatoms. The highest BCUT2D eigenvalue weighted by atomic mass is 16.1. The highest BCUT2D eigenvalue weighted by Gasteiger charge is 2.17. The number of carbonyl (C=O) groups is 1. The van der Waals surface area contributed by atoms with Gasteiger partial charge in [-0.15, -0.1) is 5.10 Å². The molecular formula is C12H23N5O. The van der Waals surface area contributed by atoms with E-state index in [2.05, 4.69) is 29.5 Å². The van der Waals surface area contributed by atoms with Crippen molar-refractivity contribution in [3.8, 4) is 0 Å². The molecule has 1 aromatic heterocycles. The lowest BCUT2D eigenvalue weighted by atomic mass is 9.84. The number of rotatable bonds is 8. The van der Waals surface area contributed by atoms with Crippen molar-refractivity contribution in [1.29, 1.82) is 0 Å². The van der Waals surface area contributed by atoms with Gasteiger partial charge in [0.15, 0.2) is 0 Å². The molecule has 0 radical (unpaired) electrons. The summed E-state index contributed by atoms with van der Waals surface area (Å²) in [6.07, 6.45) is 5.75. The Hall–Kier alpha value is -1.43. The molecule has 0 bridgehead atoms. The van der Waals surface area contributed by atoms with Crippen molar-refractivity contribution in [3.63, 3.8) is 0 Å². The van der Waals surface area contributed by atoms with E-state index in [4.69, 9.17) is 5.73 Å². The normalized spacial score (nSPS) is 11.5. The number of nitrogens with one attached hydrogen (secondary N) is 1. The summed E-state index contributed by atoms with van der Waals surface area (Å²) >= 11 is 0. The molecule has 0 aliphatic rings. The smallest absolute Gasteiger partial charge is 0.220 e. The van der Waals surface area contributed by atoms with Crippen molar-refractivity contribution in [2.24, 2.45) is 11.1 Å². The summed E-state index contributed by atoms with van der Waals surface area (Å²) in [7, 11) is 0. The first-order valence-electron chi connectivity index (χ1n) is 6.34. The number of nitrogens with two attached hydrogens (primary N) is 1. The highest BCUT2D eigenvalue weighted by molar-refractivity contribution is 5.75. The minimum Gasteiger partial charge on any atom is -0.354 e. The fourth-order valence-corrected chi connectivity index (χ4v) is 1.72. The Morgan fingerprint density at radius 1 is 1.44 bits per heavy atom. The zero-order chi connectivity index (χ0) is 13.4. The van der Waals surface area contributed by atoms with E-state index >= 15 is 0 Å². The van der Waals surface area contributed by atoms with Crippen molar-refractivity contribution in [3.05, 3.63) is 12.4 Å². The van der Waals surface area contributed by atoms with E-state index in [1.165, 1.54) is 0 Å². The van der Waals surface area contributed by atoms with Gasteiger partial charge in [-0.25, -0.2) is 0 Å². The first-order chi connectivity index (χ1) is 8.53. The molecule has 0 aromatic carbocycles. The number of carbonyl (C=O) groups excluding carboxylic acids is 1. The lowest BCUT2D eigenvalue weighted by molar-refractivity contribution is -0.121. The van der Waals surface area contributed by atoms with Gasteiger partial charge in [-0.2, -0.15) is 0 Å². The summed E-state index contributed by atoms with van der Waals surface area (Å²) in [5, 5.41) is 10.4. The van der Waals surface area contributed by atoms with E-state index in [-0.39, 0.29) is 11.3 Å². The molecule has 1 rings (SSSR count). The van der Waals surface area contributed by atoms with Crippen LogP contribution >= 0.6 is 0 Å². The standard InChI is InChI=1S/C12H23N5O/c1-12(2,5-6-13)4-3-11(18)14-7-9-17-10-8-15-16-17/h8,10H,3-7,9,13H2,1-2H3,(H,14,18). The van der Waals surface area contributed by atoms with E-state index in [0.717, 1.165) is 12.8 Å². The maximum absolute atomic E-state index is 11.6. The third-order valence-electron chi connectivity index (χ3n) is 2.98. The zero-order valence-corrected chi connectivity index (χ0v) is 11.2. The molecule has 0 fully saturated rings. The van der Waals surface area contributed by atoms with Crippen molar-refractivity contribution in [2.45, 2.75) is 39.7 Å². The average Bonchev–Trinajstić information content (AvgIpc) is 2.79. The van der Waals surface area contributed by atoms with Crippen LogP contribution in [-0.2, 0) is 11.3 Å². The highest BCUT2D eigenvalue weighted by Crippen LogP contribution is 2.25. The minimum atomic E-state index is 0.0835. The summed E-state index contributed by atoms with van der Waals surface area (Å²) < 4.78 is 1.69. The average molecular weight is 253 g/mol. The quantitative estimate of drug-likeness (QED) is 0.708. The van der Waals surface area contributed by atoms with Crippen LogP contribution in [0.2, 0.25) is 0 Å². The number of amides is 1. The number of aromatic nitrogens is 3.